The molecule has 3 rings (SSSR count). The Labute approximate surface area is 152 Å². The Balaban J connectivity index is 1.41. The Bertz CT molecular complexity index is 713. The van der Waals surface area contributed by atoms with E-state index >= 15 is 0 Å². The smallest absolute Gasteiger partial charge is 0.220 e. The Morgan fingerprint density at radius 1 is 1.48 bits per heavy atom. The van der Waals surface area contributed by atoms with Crippen LogP contribution in [0.2, 0.25) is 5.02 Å². The molecule has 1 aliphatic rings. The van der Waals surface area contributed by atoms with Crippen molar-refractivity contribution in [1.29, 1.82) is 0 Å². The van der Waals surface area contributed by atoms with E-state index < -0.39 is 6.10 Å². The van der Waals surface area contributed by atoms with E-state index in [4.69, 9.17) is 11.6 Å². The molecule has 1 saturated carbocycles. The molecular formula is C17H24ClN5O2. The highest BCUT2D eigenvalue weighted by Gasteiger charge is 2.34. The van der Waals surface area contributed by atoms with Crippen LogP contribution in [0.3, 0.4) is 0 Å². The summed E-state index contributed by atoms with van der Waals surface area (Å²) in [5.41, 5.74) is 0. The van der Waals surface area contributed by atoms with Gasteiger partial charge < -0.3 is 15.0 Å². The van der Waals surface area contributed by atoms with Gasteiger partial charge in [0, 0.05) is 38.1 Å². The second-order valence-electron chi connectivity index (χ2n) is 6.73. The molecule has 25 heavy (non-hydrogen) atoms. The van der Waals surface area contributed by atoms with E-state index in [-0.39, 0.29) is 17.9 Å². The standard InChI is InChI=1S/C17H24ClN5O2/c1-12-19-4-6-22(12)5-2-3-17(25)21-15-7-13(8-16(15)24)10-23-11-14(18)9-20-23/h4,6,9,11,13,15-16,24H,2-3,5,7-8,10H2,1H3,(H,21,25)/t13?,15-,16-/m1/s1. The fourth-order valence-corrected chi connectivity index (χ4v) is 3.61. The minimum absolute atomic E-state index is 0.00963. The first-order valence-electron chi connectivity index (χ1n) is 8.64. The number of hydrogen-bond acceptors (Lipinski definition) is 4. The third-order valence-corrected chi connectivity index (χ3v) is 4.94. The molecule has 1 fully saturated rings. The van der Waals surface area contributed by atoms with Crippen LogP contribution in [0, 0.1) is 12.8 Å². The molecule has 2 heterocycles. The number of imidazole rings is 1. The van der Waals surface area contributed by atoms with Crippen LogP contribution in [0.4, 0.5) is 0 Å². The second-order valence-corrected chi connectivity index (χ2v) is 7.17. The summed E-state index contributed by atoms with van der Waals surface area (Å²) in [7, 11) is 0. The molecule has 0 aliphatic heterocycles. The van der Waals surface area contributed by atoms with Crippen molar-refractivity contribution >= 4 is 17.5 Å². The number of carbonyl (C=O) groups is 1. The summed E-state index contributed by atoms with van der Waals surface area (Å²) in [5, 5.41) is 18.0. The zero-order valence-corrected chi connectivity index (χ0v) is 15.1. The number of rotatable bonds is 7. The lowest BCUT2D eigenvalue weighted by molar-refractivity contribution is -0.122. The molecule has 0 radical (unpaired) electrons. The molecule has 2 aromatic rings. The van der Waals surface area contributed by atoms with Gasteiger partial charge in [0.05, 0.1) is 23.4 Å². The topological polar surface area (TPSA) is 85.0 Å². The van der Waals surface area contributed by atoms with Crippen molar-refractivity contribution in [1.82, 2.24) is 24.6 Å². The highest BCUT2D eigenvalue weighted by molar-refractivity contribution is 6.30. The number of hydrogen-bond donors (Lipinski definition) is 2. The quantitative estimate of drug-likeness (QED) is 0.783. The number of halogens is 1. The van der Waals surface area contributed by atoms with Gasteiger partial charge >= 0.3 is 0 Å². The lowest BCUT2D eigenvalue weighted by Gasteiger charge is -2.16. The normalized spacial score (nSPS) is 23.1. The number of nitrogens with one attached hydrogen (secondary N) is 1. The molecule has 0 bridgehead atoms. The Kier molecular flexibility index (Phi) is 5.75. The van der Waals surface area contributed by atoms with Crippen molar-refractivity contribution in [2.24, 2.45) is 5.92 Å². The van der Waals surface area contributed by atoms with E-state index in [9.17, 15) is 9.90 Å². The van der Waals surface area contributed by atoms with Gasteiger partial charge in [-0.3, -0.25) is 9.48 Å². The molecule has 1 amide bonds. The van der Waals surface area contributed by atoms with E-state index in [0.717, 1.165) is 25.2 Å². The summed E-state index contributed by atoms with van der Waals surface area (Å²) < 4.78 is 3.82. The highest BCUT2D eigenvalue weighted by Crippen LogP contribution is 2.28. The summed E-state index contributed by atoms with van der Waals surface area (Å²) in [6, 6.07) is -0.182. The number of aliphatic hydroxyl groups is 1. The van der Waals surface area contributed by atoms with Crippen LogP contribution < -0.4 is 5.32 Å². The Hall–Kier alpha value is -1.86. The molecule has 7 nitrogen and oxygen atoms in total. The first kappa shape index (κ1) is 17.9. The molecule has 1 aliphatic carbocycles. The van der Waals surface area contributed by atoms with Gasteiger partial charge in [-0.1, -0.05) is 11.6 Å². The van der Waals surface area contributed by atoms with Crippen molar-refractivity contribution in [2.45, 2.75) is 57.8 Å². The Morgan fingerprint density at radius 2 is 2.32 bits per heavy atom. The average Bonchev–Trinajstić information content (AvgIpc) is 3.23. The minimum atomic E-state index is -0.504. The second kappa shape index (κ2) is 8.01. The van der Waals surface area contributed by atoms with Gasteiger partial charge in [-0.15, -0.1) is 0 Å². The van der Waals surface area contributed by atoms with Gasteiger partial charge in [0.15, 0.2) is 0 Å². The molecule has 2 N–H and O–H groups in total. The van der Waals surface area contributed by atoms with Crippen LogP contribution in [0.1, 0.15) is 31.5 Å². The molecule has 8 heteroatoms. The summed E-state index contributed by atoms with van der Waals surface area (Å²) in [6.07, 6.45) is 9.17. The largest absolute Gasteiger partial charge is 0.391 e. The third-order valence-electron chi connectivity index (χ3n) is 4.75. The van der Waals surface area contributed by atoms with Gasteiger partial charge in [0.1, 0.15) is 5.82 Å². The number of aromatic nitrogens is 4. The molecular weight excluding hydrogens is 342 g/mol. The van der Waals surface area contributed by atoms with Crippen LogP contribution in [0.25, 0.3) is 0 Å². The zero-order chi connectivity index (χ0) is 17.8. The van der Waals surface area contributed by atoms with E-state index in [1.54, 1.807) is 23.3 Å². The van der Waals surface area contributed by atoms with Crippen LogP contribution >= 0.6 is 11.6 Å². The number of aliphatic hydroxyl groups excluding tert-OH is 1. The predicted octanol–water partition coefficient (Wildman–Crippen LogP) is 1.78. The summed E-state index contributed by atoms with van der Waals surface area (Å²) >= 11 is 5.87. The van der Waals surface area contributed by atoms with Crippen molar-refractivity contribution in [3.05, 3.63) is 35.6 Å². The Morgan fingerprint density at radius 3 is 3.00 bits per heavy atom. The fraction of sp³-hybridized carbons (Fsp3) is 0.588. The van der Waals surface area contributed by atoms with Crippen molar-refractivity contribution in [2.75, 3.05) is 0 Å². The number of nitrogens with zero attached hydrogens (tertiary/aromatic N) is 4. The maximum Gasteiger partial charge on any atom is 0.220 e. The maximum absolute atomic E-state index is 12.1. The lowest BCUT2D eigenvalue weighted by atomic mass is 10.1. The third kappa shape index (κ3) is 4.83. The zero-order valence-electron chi connectivity index (χ0n) is 14.3. The number of aryl methyl sites for hydroxylation is 2. The van der Waals surface area contributed by atoms with Crippen molar-refractivity contribution in [3.63, 3.8) is 0 Å². The predicted molar refractivity (Wildman–Crippen MR) is 94.1 cm³/mol. The monoisotopic (exact) mass is 365 g/mol. The van der Waals surface area contributed by atoms with Gasteiger partial charge in [0.25, 0.3) is 0 Å². The van der Waals surface area contributed by atoms with E-state index in [2.05, 4.69) is 15.4 Å². The molecule has 0 spiro atoms. The highest BCUT2D eigenvalue weighted by atomic mass is 35.5. The number of amides is 1. The van der Waals surface area contributed by atoms with Gasteiger partial charge in [-0.2, -0.15) is 5.10 Å². The van der Waals surface area contributed by atoms with Crippen LogP contribution in [-0.2, 0) is 17.9 Å². The molecule has 1 unspecified atom stereocenters. The summed E-state index contributed by atoms with van der Waals surface area (Å²) in [6.45, 7) is 3.42. The number of carbonyl (C=O) groups excluding carboxylic acids is 1. The van der Waals surface area contributed by atoms with Crippen molar-refractivity contribution < 1.29 is 9.90 Å². The molecule has 3 atom stereocenters. The summed E-state index contributed by atoms with van der Waals surface area (Å²) in [5.74, 6) is 1.22. The SMILES string of the molecule is Cc1nccn1CCCC(=O)N[C@@H]1CC(Cn2cc(Cl)cn2)C[C@H]1O. The minimum Gasteiger partial charge on any atom is -0.391 e. The maximum atomic E-state index is 12.1. The molecule has 0 aromatic carbocycles. The first-order valence-corrected chi connectivity index (χ1v) is 9.02. The van der Waals surface area contributed by atoms with E-state index in [1.807, 2.05) is 17.7 Å². The van der Waals surface area contributed by atoms with Gasteiger partial charge in [-0.05, 0) is 32.1 Å². The first-order chi connectivity index (χ1) is 12.0. The van der Waals surface area contributed by atoms with Gasteiger partial charge in [0.2, 0.25) is 5.91 Å². The average molecular weight is 366 g/mol. The summed E-state index contributed by atoms with van der Waals surface area (Å²) in [4.78, 5) is 16.3. The lowest BCUT2D eigenvalue weighted by Crippen LogP contribution is -2.39. The van der Waals surface area contributed by atoms with Crippen molar-refractivity contribution in [3.8, 4) is 0 Å². The molecule has 0 saturated heterocycles. The van der Waals surface area contributed by atoms with Gasteiger partial charge in [-0.25, -0.2) is 4.98 Å². The van der Waals surface area contributed by atoms with Crippen LogP contribution in [0.15, 0.2) is 24.8 Å². The van der Waals surface area contributed by atoms with E-state index in [1.165, 1.54) is 0 Å². The van der Waals surface area contributed by atoms with E-state index in [0.29, 0.717) is 24.4 Å². The fourth-order valence-electron chi connectivity index (χ4n) is 3.45. The van der Waals surface area contributed by atoms with Crippen LogP contribution in [-0.4, -0.2) is 42.5 Å². The molecule has 136 valence electrons. The van der Waals surface area contributed by atoms with Crippen LogP contribution in [0.5, 0.6) is 0 Å². The molecule has 2 aromatic heterocycles.